The molecule has 2 aliphatic rings. The molecule has 94 valence electrons. The summed E-state index contributed by atoms with van der Waals surface area (Å²) in [5, 5.41) is 3.41. The Morgan fingerprint density at radius 1 is 1.19 bits per heavy atom. The van der Waals surface area contributed by atoms with Crippen LogP contribution in [-0.4, -0.2) is 70.3 Å². The van der Waals surface area contributed by atoms with Gasteiger partial charge in [-0.15, -0.1) is 0 Å². The number of hydrogen-bond donors (Lipinski definition) is 1. The van der Waals surface area contributed by atoms with Crippen LogP contribution in [0.25, 0.3) is 0 Å². The Labute approximate surface area is 97.0 Å². The van der Waals surface area contributed by atoms with E-state index < -0.39 is 0 Å². The smallest absolute Gasteiger partial charge is 0.147 e. The molecule has 2 rings (SSSR count). The van der Waals surface area contributed by atoms with Gasteiger partial charge in [0.05, 0.1) is 25.4 Å². The zero-order valence-electron chi connectivity index (χ0n) is 9.98. The lowest BCUT2D eigenvalue weighted by Gasteiger charge is -2.31. The maximum Gasteiger partial charge on any atom is 0.147 e. The molecule has 0 spiro atoms. The van der Waals surface area contributed by atoms with Gasteiger partial charge >= 0.3 is 0 Å². The van der Waals surface area contributed by atoms with E-state index in [9.17, 15) is 0 Å². The molecule has 5 nitrogen and oxygen atoms in total. The molecule has 2 fully saturated rings. The summed E-state index contributed by atoms with van der Waals surface area (Å²) in [4.78, 5) is 2.31. The highest BCUT2D eigenvalue weighted by molar-refractivity contribution is 4.72. The Kier molecular flexibility index (Phi) is 4.99. The number of nitrogens with one attached hydrogen (secondary N) is 1. The number of likely N-dealkylation sites (N-methyl/N-ethyl adjacent to an activating group) is 1. The number of rotatable bonds is 4. The van der Waals surface area contributed by atoms with Gasteiger partial charge in [-0.05, 0) is 13.5 Å². The molecule has 0 aliphatic carbocycles. The molecule has 2 unspecified atom stereocenters. The van der Waals surface area contributed by atoms with Crippen molar-refractivity contribution in [3.63, 3.8) is 0 Å². The molecule has 0 aromatic heterocycles. The van der Waals surface area contributed by atoms with Gasteiger partial charge in [0, 0.05) is 26.2 Å². The van der Waals surface area contributed by atoms with E-state index in [-0.39, 0.29) is 0 Å². The molecular formula is C11H22N2O3. The Morgan fingerprint density at radius 3 is 2.81 bits per heavy atom. The largest absolute Gasteiger partial charge is 0.374 e. The van der Waals surface area contributed by atoms with E-state index in [4.69, 9.17) is 14.2 Å². The van der Waals surface area contributed by atoms with Gasteiger partial charge < -0.3 is 24.4 Å². The molecule has 2 heterocycles. The lowest BCUT2D eigenvalue weighted by atomic mass is 10.2. The fourth-order valence-electron chi connectivity index (χ4n) is 2.06. The van der Waals surface area contributed by atoms with Crippen molar-refractivity contribution in [1.29, 1.82) is 0 Å². The highest BCUT2D eigenvalue weighted by Crippen LogP contribution is 2.05. The lowest BCUT2D eigenvalue weighted by Crippen LogP contribution is -2.46. The lowest BCUT2D eigenvalue weighted by molar-refractivity contribution is -0.137. The van der Waals surface area contributed by atoms with E-state index in [1.165, 1.54) is 0 Å². The number of nitrogens with zero attached hydrogens (tertiary/aromatic N) is 1. The molecule has 16 heavy (non-hydrogen) atoms. The maximum atomic E-state index is 5.67. The van der Waals surface area contributed by atoms with Crippen LogP contribution in [0.5, 0.6) is 0 Å². The fourth-order valence-corrected chi connectivity index (χ4v) is 2.06. The summed E-state index contributed by atoms with van der Waals surface area (Å²) >= 11 is 0. The summed E-state index contributed by atoms with van der Waals surface area (Å²) in [7, 11) is 2.14. The van der Waals surface area contributed by atoms with Crippen LogP contribution in [0.2, 0.25) is 0 Å². The molecule has 0 radical (unpaired) electrons. The van der Waals surface area contributed by atoms with Crippen molar-refractivity contribution in [2.45, 2.75) is 18.6 Å². The van der Waals surface area contributed by atoms with Gasteiger partial charge in [0.2, 0.25) is 0 Å². The summed E-state index contributed by atoms with van der Waals surface area (Å²) in [6.45, 7) is 5.96. The first-order chi connectivity index (χ1) is 7.84. The molecule has 0 saturated carbocycles. The van der Waals surface area contributed by atoms with Gasteiger partial charge in [-0.2, -0.15) is 0 Å². The minimum absolute atomic E-state index is 0.301. The van der Waals surface area contributed by atoms with E-state index in [0.29, 0.717) is 19.0 Å². The van der Waals surface area contributed by atoms with Gasteiger partial charge in [0.1, 0.15) is 6.79 Å². The first-order valence-electron chi connectivity index (χ1n) is 6.05. The SMILES string of the molecule is CN1CCOC(CNCC2CCOCO2)C1. The molecule has 0 bridgehead atoms. The third-order valence-electron chi connectivity index (χ3n) is 3.06. The van der Waals surface area contributed by atoms with Gasteiger partial charge in [-0.1, -0.05) is 0 Å². The quantitative estimate of drug-likeness (QED) is 0.716. The standard InChI is InChI=1S/C11H22N2O3/c1-13-3-5-15-11(8-13)7-12-6-10-2-4-14-9-16-10/h10-12H,2-9H2,1H3. The van der Waals surface area contributed by atoms with Gasteiger partial charge in [0.15, 0.2) is 0 Å². The second-order valence-electron chi connectivity index (χ2n) is 4.52. The molecule has 2 saturated heterocycles. The average Bonchev–Trinajstić information content (AvgIpc) is 2.30. The van der Waals surface area contributed by atoms with Crippen molar-refractivity contribution in [2.24, 2.45) is 0 Å². The minimum atomic E-state index is 0.301. The van der Waals surface area contributed by atoms with E-state index in [0.717, 1.165) is 45.8 Å². The zero-order chi connectivity index (χ0) is 11.2. The highest BCUT2D eigenvalue weighted by atomic mass is 16.7. The minimum Gasteiger partial charge on any atom is -0.374 e. The molecule has 0 aromatic carbocycles. The van der Waals surface area contributed by atoms with Crippen LogP contribution in [0, 0.1) is 0 Å². The van der Waals surface area contributed by atoms with Crippen LogP contribution in [0.3, 0.4) is 0 Å². The van der Waals surface area contributed by atoms with Crippen LogP contribution >= 0.6 is 0 Å². The van der Waals surface area contributed by atoms with E-state index in [2.05, 4.69) is 17.3 Å². The third kappa shape index (κ3) is 3.99. The van der Waals surface area contributed by atoms with E-state index in [1.54, 1.807) is 0 Å². The van der Waals surface area contributed by atoms with Gasteiger partial charge in [-0.25, -0.2) is 0 Å². The van der Waals surface area contributed by atoms with Crippen molar-refractivity contribution in [2.75, 3.05) is 53.2 Å². The first kappa shape index (κ1) is 12.3. The second-order valence-corrected chi connectivity index (χ2v) is 4.52. The number of morpholine rings is 1. The summed E-state index contributed by atoms with van der Waals surface area (Å²) in [6.07, 6.45) is 1.60. The van der Waals surface area contributed by atoms with Crippen molar-refractivity contribution in [3.8, 4) is 0 Å². The zero-order valence-corrected chi connectivity index (χ0v) is 9.98. The van der Waals surface area contributed by atoms with Crippen LogP contribution < -0.4 is 5.32 Å². The second kappa shape index (κ2) is 6.51. The normalized spacial score (nSPS) is 32.8. The molecule has 2 atom stereocenters. The summed E-state index contributed by atoms with van der Waals surface area (Å²) in [5.74, 6) is 0. The van der Waals surface area contributed by atoms with Gasteiger partial charge in [0.25, 0.3) is 0 Å². The molecule has 0 amide bonds. The Morgan fingerprint density at radius 2 is 2.06 bits per heavy atom. The average molecular weight is 230 g/mol. The van der Waals surface area contributed by atoms with Crippen molar-refractivity contribution >= 4 is 0 Å². The maximum absolute atomic E-state index is 5.67. The van der Waals surface area contributed by atoms with Gasteiger partial charge in [-0.3, -0.25) is 0 Å². The van der Waals surface area contributed by atoms with Crippen LogP contribution in [-0.2, 0) is 14.2 Å². The molecular weight excluding hydrogens is 208 g/mol. The van der Waals surface area contributed by atoms with Crippen molar-refractivity contribution in [1.82, 2.24) is 10.2 Å². The highest BCUT2D eigenvalue weighted by Gasteiger charge is 2.18. The summed E-state index contributed by atoms with van der Waals surface area (Å²) in [6, 6.07) is 0. The number of hydrogen-bond acceptors (Lipinski definition) is 5. The molecule has 5 heteroatoms. The van der Waals surface area contributed by atoms with E-state index in [1.807, 2.05) is 0 Å². The van der Waals surface area contributed by atoms with Crippen molar-refractivity contribution in [3.05, 3.63) is 0 Å². The predicted octanol–water partition coefficient (Wildman–Crippen LogP) is -0.330. The van der Waals surface area contributed by atoms with Crippen LogP contribution in [0.4, 0.5) is 0 Å². The monoisotopic (exact) mass is 230 g/mol. The topological polar surface area (TPSA) is 43.0 Å². The van der Waals surface area contributed by atoms with Crippen molar-refractivity contribution < 1.29 is 14.2 Å². The Hall–Kier alpha value is -0.200. The van der Waals surface area contributed by atoms with E-state index >= 15 is 0 Å². The molecule has 2 aliphatic heterocycles. The van der Waals surface area contributed by atoms with Crippen LogP contribution in [0.15, 0.2) is 0 Å². The van der Waals surface area contributed by atoms with Crippen LogP contribution in [0.1, 0.15) is 6.42 Å². The molecule has 0 aromatic rings. The Balaban J connectivity index is 1.56. The Bertz CT molecular complexity index is 198. The summed E-state index contributed by atoms with van der Waals surface area (Å²) < 4.78 is 16.2. The summed E-state index contributed by atoms with van der Waals surface area (Å²) in [5.41, 5.74) is 0. The third-order valence-corrected chi connectivity index (χ3v) is 3.06. The predicted molar refractivity (Wildman–Crippen MR) is 60.4 cm³/mol. The number of ether oxygens (including phenoxy) is 3. The molecule has 1 N–H and O–H groups in total. The first-order valence-corrected chi connectivity index (χ1v) is 6.05. The fraction of sp³-hybridized carbons (Fsp3) is 1.00.